The molecule has 0 radical (unpaired) electrons. The van der Waals surface area contributed by atoms with Crippen molar-refractivity contribution >= 4 is 20.0 Å². The van der Waals surface area contributed by atoms with E-state index in [0.717, 1.165) is 36.8 Å². The van der Waals surface area contributed by atoms with Crippen molar-refractivity contribution < 1.29 is 26.3 Å². The number of hydrogen-bond acceptors (Lipinski definition) is 6. The van der Waals surface area contributed by atoms with Crippen LogP contribution < -0.4 is 9.47 Å². The first-order chi connectivity index (χ1) is 18.9. The predicted molar refractivity (Wildman–Crippen MR) is 159 cm³/mol. The summed E-state index contributed by atoms with van der Waals surface area (Å²) in [4.78, 5) is 0.408. The van der Waals surface area contributed by atoms with Crippen LogP contribution in [-0.2, 0) is 20.0 Å². The third-order valence-electron chi connectivity index (χ3n) is 7.19. The van der Waals surface area contributed by atoms with Crippen LogP contribution in [-0.4, -0.2) is 64.8 Å². The number of piperazine rings is 1. The minimum atomic E-state index is -3.79. The number of benzene rings is 2. The molecule has 1 heterocycles. The van der Waals surface area contributed by atoms with Crippen LogP contribution in [0.4, 0.5) is 0 Å². The van der Waals surface area contributed by atoms with Gasteiger partial charge in [0.25, 0.3) is 0 Å². The lowest BCUT2D eigenvalue weighted by Crippen LogP contribution is -2.50. The summed E-state index contributed by atoms with van der Waals surface area (Å²) in [6.45, 7) is 13.8. The topological polar surface area (TPSA) is 93.2 Å². The number of unbranched alkanes of at least 4 members (excludes halogenated alkanes) is 2. The molecule has 0 aliphatic carbocycles. The fraction of sp³-hybridized carbons (Fsp3) is 0.600. The van der Waals surface area contributed by atoms with Gasteiger partial charge in [0.1, 0.15) is 11.5 Å². The molecule has 1 aliphatic heterocycles. The van der Waals surface area contributed by atoms with E-state index in [1.807, 2.05) is 27.7 Å². The summed E-state index contributed by atoms with van der Waals surface area (Å²) in [5.41, 5.74) is 1.70. The van der Waals surface area contributed by atoms with E-state index >= 15 is 0 Å². The number of nitrogens with zero attached hydrogens (tertiary/aromatic N) is 2. The Labute approximate surface area is 241 Å². The Morgan fingerprint density at radius 3 is 1.30 bits per heavy atom. The van der Waals surface area contributed by atoms with Gasteiger partial charge in [-0.3, -0.25) is 0 Å². The zero-order chi connectivity index (χ0) is 29.5. The summed E-state index contributed by atoms with van der Waals surface area (Å²) >= 11 is 0. The molecular formula is C30H46N2O6S2. The second-order valence-electron chi connectivity index (χ2n) is 10.9. The lowest BCUT2D eigenvalue weighted by Gasteiger charge is -2.33. The molecule has 40 heavy (non-hydrogen) atoms. The van der Waals surface area contributed by atoms with Crippen LogP contribution in [0.25, 0.3) is 0 Å². The van der Waals surface area contributed by atoms with Gasteiger partial charge in [0.15, 0.2) is 0 Å². The predicted octanol–water partition coefficient (Wildman–Crippen LogP) is 5.99. The van der Waals surface area contributed by atoms with Crippen molar-refractivity contribution in [3.8, 4) is 11.5 Å². The van der Waals surface area contributed by atoms with Crippen LogP contribution in [0.1, 0.15) is 90.2 Å². The Hall–Kier alpha value is -2.14. The van der Waals surface area contributed by atoms with Crippen LogP contribution in [0.3, 0.4) is 0 Å². The number of ether oxygens (including phenoxy) is 2. The van der Waals surface area contributed by atoms with Gasteiger partial charge in [0.05, 0.1) is 23.0 Å². The first-order valence-electron chi connectivity index (χ1n) is 14.5. The standard InChI is InChI=1S/C30H46N2O6S2/c1-7-9-19-37-29-13-11-25(21-27(29)23(3)4)39(33,34)31-15-17-32(18-16-31)40(35,36)26-12-14-30(38-20-10-8-2)28(22-26)24(5)6/h11-14,21-24H,7-10,15-20H2,1-6H3. The Kier molecular flexibility index (Phi) is 11.5. The zero-order valence-electron chi connectivity index (χ0n) is 24.9. The largest absolute Gasteiger partial charge is 0.493 e. The molecule has 8 nitrogen and oxygen atoms in total. The van der Waals surface area contributed by atoms with E-state index in [1.54, 1.807) is 36.4 Å². The minimum absolute atomic E-state index is 0.0859. The van der Waals surface area contributed by atoms with Gasteiger partial charge in [-0.05, 0) is 72.2 Å². The molecule has 10 heteroatoms. The fourth-order valence-electron chi connectivity index (χ4n) is 4.64. The maximum atomic E-state index is 13.5. The molecule has 3 rings (SSSR count). The molecule has 0 aromatic heterocycles. The van der Waals surface area contributed by atoms with Gasteiger partial charge in [-0.15, -0.1) is 0 Å². The van der Waals surface area contributed by atoms with Gasteiger partial charge in [0, 0.05) is 26.2 Å². The molecule has 224 valence electrons. The highest BCUT2D eigenvalue weighted by Crippen LogP contribution is 2.33. The van der Waals surface area contributed by atoms with E-state index in [2.05, 4.69) is 13.8 Å². The van der Waals surface area contributed by atoms with Crippen LogP contribution in [0, 0.1) is 0 Å². The molecule has 2 aromatic carbocycles. The normalized spacial score (nSPS) is 15.6. The van der Waals surface area contributed by atoms with Gasteiger partial charge in [-0.1, -0.05) is 54.4 Å². The highest BCUT2D eigenvalue weighted by atomic mass is 32.2. The molecular weight excluding hydrogens is 548 g/mol. The summed E-state index contributed by atoms with van der Waals surface area (Å²) < 4.78 is 68.7. The van der Waals surface area contributed by atoms with Crippen molar-refractivity contribution in [3.05, 3.63) is 47.5 Å². The zero-order valence-corrected chi connectivity index (χ0v) is 26.5. The fourth-order valence-corrected chi connectivity index (χ4v) is 7.56. The van der Waals surface area contributed by atoms with Crippen molar-refractivity contribution in [2.45, 2.75) is 88.9 Å². The molecule has 1 aliphatic rings. The van der Waals surface area contributed by atoms with Gasteiger partial charge in [-0.25, -0.2) is 16.8 Å². The lowest BCUT2D eigenvalue weighted by molar-refractivity contribution is 0.272. The van der Waals surface area contributed by atoms with Crippen LogP contribution >= 0.6 is 0 Å². The van der Waals surface area contributed by atoms with E-state index in [0.29, 0.717) is 24.7 Å². The van der Waals surface area contributed by atoms with Gasteiger partial charge >= 0.3 is 0 Å². The molecule has 0 N–H and O–H groups in total. The molecule has 1 saturated heterocycles. The average molecular weight is 595 g/mol. The minimum Gasteiger partial charge on any atom is -0.493 e. The monoisotopic (exact) mass is 594 g/mol. The summed E-state index contributed by atoms with van der Waals surface area (Å²) in [5.74, 6) is 1.60. The Balaban J connectivity index is 1.75. The van der Waals surface area contributed by atoms with E-state index in [9.17, 15) is 16.8 Å². The van der Waals surface area contributed by atoms with Crippen molar-refractivity contribution in [1.29, 1.82) is 0 Å². The van der Waals surface area contributed by atoms with E-state index < -0.39 is 20.0 Å². The smallest absolute Gasteiger partial charge is 0.243 e. The molecule has 1 fully saturated rings. The second-order valence-corrected chi connectivity index (χ2v) is 14.8. The van der Waals surface area contributed by atoms with Crippen LogP contribution in [0.15, 0.2) is 46.2 Å². The quantitative estimate of drug-likeness (QED) is 0.250. The molecule has 0 bridgehead atoms. The highest BCUT2D eigenvalue weighted by Gasteiger charge is 2.34. The van der Waals surface area contributed by atoms with Gasteiger partial charge in [-0.2, -0.15) is 8.61 Å². The van der Waals surface area contributed by atoms with Crippen LogP contribution in [0.2, 0.25) is 0 Å². The van der Waals surface area contributed by atoms with Crippen molar-refractivity contribution in [2.24, 2.45) is 0 Å². The average Bonchev–Trinajstić information content (AvgIpc) is 2.93. The summed E-state index contributed by atoms with van der Waals surface area (Å²) in [6.07, 6.45) is 3.90. The first kappa shape index (κ1) is 32.4. The van der Waals surface area contributed by atoms with E-state index in [4.69, 9.17) is 9.47 Å². The first-order valence-corrected chi connectivity index (χ1v) is 17.3. The Morgan fingerprint density at radius 1 is 0.650 bits per heavy atom. The van der Waals surface area contributed by atoms with Crippen molar-refractivity contribution in [3.63, 3.8) is 0 Å². The Bertz CT molecular complexity index is 1230. The maximum absolute atomic E-state index is 13.5. The molecule has 2 aromatic rings. The molecule has 0 spiro atoms. The van der Waals surface area contributed by atoms with Crippen molar-refractivity contribution in [1.82, 2.24) is 8.61 Å². The van der Waals surface area contributed by atoms with Crippen LogP contribution in [0.5, 0.6) is 11.5 Å². The highest BCUT2D eigenvalue weighted by molar-refractivity contribution is 7.89. The number of rotatable bonds is 14. The number of hydrogen-bond donors (Lipinski definition) is 0. The summed E-state index contributed by atoms with van der Waals surface area (Å²) in [5, 5.41) is 0. The number of sulfonamides is 2. The molecule has 0 unspecified atom stereocenters. The maximum Gasteiger partial charge on any atom is 0.243 e. The SMILES string of the molecule is CCCCOc1ccc(S(=O)(=O)N2CCN(S(=O)(=O)c3ccc(OCCCC)c(C(C)C)c3)CC2)cc1C(C)C. The van der Waals surface area contributed by atoms with E-state index in [1.165, 1.54) is 8.61 Å². The van der Waals surface area contributed by atoms with Crippen molar-refractivity contribution in [2.75, 3.05) is 39.4 Å². The Morgan fingerprint density at radius 2 is 1.00 bits per heavy atom. The molecule has 0 atom stereocenters. The lowest BCUT2D eigenvalue weighted by atomic mass is 10.0. The third kappa shape index (κ3) is 7.57. The summed E-state index contributed by atoms with van der Waals surface area (Å²) in [6, 6.07) is 10.0. The molecule has 0 amide bonds. The van der Waals surface area contributed by atoms with Gasteiger partial charge < -0.3 is 9.47 Å². The van der Waals surface area contributed by atoms with E-state index in [-0.39, 0.29) is 47.8 Å². The van der Waals surface area contributed by atoms with Gasteiger partial charge in [0.2, 0.25) is 20.0 Å². The second kappa shape index (κ2) is 14.2. The third-order valence-corrected chi connectivity index (χ3v) is 11.0. The molecule has 0 saturated carbocycles. The summed E-state index contributed by atoms with van der Waals surface area (Å²) in [7, 11) is -7.58.